The van der Waals surface area contributed by atoms with E-state index in [9.17, 15) is 9.90 Å². The van der Waals surface area contributed by atoms with Crippen molar-refractivity contribution in [3.8, 4) is 23.0 Å². The van der Waals surface area contributed by atoms with Crippen LogP contribution in [0.15, 0.2) is 66.7 Å². The Bertz CT molecular complexity index is 1340. The number of aryl methyl sites for hydroxylation is 1. The molecular formula is C29H29NO4S. The maximum absolute atomic E-state index is 13.5. The van der Waals surface area contributed by atoms with Crippen LogP contribution in [-0.4, -0.2) is 42.0 Å². The molecule has 4 aromatic rings. The van der Waals surface area contributed by atoms with Gasteiger partial charge in [0.05, 0.1) is 0 Å². The van der Waals surface area contributed by atoms with Crippen molar-refractivity contribution in [2.24, 2.45) is 5.92 Å². The van der Waals surface area contributed by atoms with Gasteiger partial charge in [-0.2, -0.15) is 0 Å². The minimum atomic E-state index is -0.0880. The molecule has 5 nitrogen and oxygen atoms in total. The van der Waals surface area contributed by atoms with E-state index in [1.165, 1.54) is 17.8 Å². The second-order valence-corrected chi connectivity index (χ2v) is 10.3. The first kappa shape index (κ1) is 23.4. The average Bonchev–Trinajstić information content (AvgIpc) is 3.43. The predicted molar refractivity (Wildman–Crippen MR) is 140 cm³/mol. The van der Waals surface area contributed by atoms with Crippen molar-refractivity contribution in [1.82, 2.24) is 4.90 Å². The van der Waals surface area contributed by atoms with Gasteiger partial charge in [-0.25, -0.2) is 0 Å². The minimum Gasteiger partial charge on any atom is -0.508 e. The molecule has 1 aliphatic heterocycles. The van der Waals surface area contributed by atoms with Crippen molar-refractivity contribution in [2.45, 2.75) is 20.3 Å². The third kappa shape index (κ3) is 5.19. The summed E-state index contributed by atoms with van der Waals surface area (Å²) in [5.41, 5.74) is 1.55. The highest BCUT2D eigenvalue weighted by Gasteiger charge is 2.23. The summed E-state index contributed by atoms with van der Waals surface area (Å²) < 4.78 is 13.0. The van der Waals surface area contributed by atoms with Gasteiger partial charge in [0.2, 0.25) is 5.78 Å². The number of rotatable bonds is 8. The van der Waals surface area contributed by atoms with E-state index in [0.29, 0.717) is 28.5 Å². The molecule has 0 bridgehead atoms. The zero-order valence-corrected chi connectivity index (χ0v) is 20.8. The number of likely N-dealkylation sites (tertiary alicyclic amines) is 1. The summed E-state index contributed by atoms with van der Waals surface area (Å²) in [7, 11) is 0. The summed E-state index contributed by atoms with van der Waals surface area (Å²) >= 11 is 1.33. The summed E-state index contributed by atoms with van der Waals surface area (Å²) in [5.74, 6) is 2.76. The van der Waals surface area contributed by atoms with Gasteiger partial charge in [-0.15, -0.1) is 11.3 Å². The number of carbonyl (C=O) groups is 1. The average molecular weight is 488 g/mol. The zero-order chi connectivity index (χ0) is 24.4. The summed E-state index contributed by atoms with van der Waals surface area (Å²) in [6.45, 7) is 8.09. The molecule has 0 amide bonds. The molecule has 6 heteroatoms. The predicted octanol–water partition coefficient (Wildman–Crippen LogP) is 6.66. The van der Waals surface area contributed by atoms with Gasteiger partial charge in [0.15, 0.2) is 5.75 Å². The number of ether oxygens (including phenoxy) is 2. The number of carbonyl (C=O) groups excluding carboxylic acids is 1. The monoisotopic (exact) mass is 487 g/mol. The van der Waals surface area contributed by atoms with Crippen LogP contribution in [0.1, 0.15) is 34.1 Å². The molecule has 1 aromatic heterocycles. The van der Waals surface area contributed by atoms with Gasteiger partial charge >= 0.3 is 0 Å². The molecule has 0 spiro atoms. The number of benzene rings is 3. The topological polar surface area (TPSA) is 59.0 Å². The number of nitrogens with zero attached hydrogens (tertiary/aromatic N) is 1. The van der Waals surface area contributed by atoms with Crippen molar-refractivity contribution >= 4 is 27.2 Å². The molecule has 1 aliphatic rings. The SMILES string of the molecule is Cc1ccccc1C(=O)c1sc2cc(O)ccc2c1Oc1ccc(OCCN2CC[C@H](C)C2)cc1. The normalized spacial score (nSPS) is 16.0. The van der Waals surface area contributed by atoms with E-state index in [1.54, 1.807) is 18.2 Å². The van der Waals surface area contributed by atoms with Crippen LogP contribution in [0.5, 0.6) is 23.0 Å². The highest BCUT2D eigenvalue weighted by Crippen LogP contribution is 2.43. The van der Waals surface area contributed by atoms with E-state index in [2.05, 4.69) is 11.8 Å². The molecule has 35 heavy (non-hydrogen) atoms. The second-order valence-electron chi connectivity index (χ2n) is 9.20. The quantitative estimate of drug-likeness (QED) is 0.282. The van der Waals surface area contributed by atoms with Gasteiger partial charge in [-0.1, -0.05) is 31.2 Å². The van der Waals surface area contributed by atoms with E-state index in [0.717, 1.165) is 47.0 Å². The summed E-state index contributed by atoms with van der Waals surface area (Å²) in [4.78, 5) is 16.4. The first-order chi connectivity index (χ1) is 17.0. The molecule has 1 atom stereocenters. The number of phenolic OH excluding ortho intramolecular Hbond substituents is 1. The maximum Gasteiger partial charge on any atom is 0.207 e. The highest BCUT2D eigenvalue weighted by atomic mass is 32.1. The summed E-state index contributed by atoms with van der Waals surface area (Å²) in [6.07, 6.45) is 1.26. The number of hydrogen-bond acceptors (Lipinski definition) is 6. The summed E-state index contributed by atoms with van der Waals surface area (Å²) in [6, 6.07) is 20.1. The standard InChI is InChI=1S/C29H29NO4S/c1-19-13-14-30(18-19)15-16-33-22-8-10-23(11-9-22)34-28-25-12-7-21(31)17-26(25)35-29(28)27(32)24-6-4-3-5-20(24)2/h3-12,17,19,31H,13-16,18H2,1-2H3/t19-/m0/s1. The number of thiophene rings is 1. The van der Waals surface area contributed by atoms with E-state index in [-0.39, 0.29) is 11.5 Å². The van der Waals surface area contributed by atoms with Crippen LogP contribution in [0, 0.1) is 12.8 Å². The number of fused-ring (bicyclic) bond motifs is 1. The van der Waals surface area contributed by atoms with Crippen LogP contribution in [0.4, 0.5) is 0 Å². The third-order valence-corrected chi connectivity index (χ3v) is 7.58. The minimum absolute atomic E-state index is 0.0880. The Morgan fingerprint density at radius 1 is 1.09 bits per heavy atom. The smallest absolute Gasteiger partial charge is 0.207 e. The number of aromatic hydroxyl groups is 1. The van der Waals surface area contributed by atoms with E-state index >= 15 is 0 Å². The molecular weight excluding hydrogens is 458 g/mol. The largest absolute Gasteiger partial charge is 0.508 e. The van der Waals surface area contributed by atoms with E-state index in [1.807, 2.05) is 55.5 Å². The molecule has 0 saturated carbocycles. The van der Waals surface area contributed by atoms with Crippen LogP contribution in [-0.2, 0) is 0 Å². The van der Waals surface area contributed by atoms with Gasteiger partial charge in [-0.3, -0.25) is 9.69 Å². The fourth-order valence-electron chi connectivity index (χ4n) is 4.51. The maximum atomic E-state index is 13.5. The van der Waals surface area contributed by atoms with Crippen molar-refractivity contribution in [2.75, 3.05) is 26.2 Å². The van der Waals surface area contributed by atoms with Gasteiger partial charge < -0.3 is 14.6 Å². The lowest BCUT2D eigenvalue weighted by Gasteiger charge is -2.15. The third-order valence-electron chi connectivity index (χ3n) is 6.45. The molecule has 2 heterocycles. The van der Waals surface area contributed by atoms with Gasteiger partial charge in [0.1, 0.15) is 28.7 Å². The Balaban J connectivity index is 1.36. The van der Waals surface area contributed by atoms with Crippen molar-refractivity contribution < 1.29 is 19.4 Å². The lowest BCUT2D eigenvalue weighted by atomic mass is 10.0. The van der Waals surface area contributed by atoms with Crippen molar-refractivity contribution in [3.63, 3.8) is 0 Å². The summed E-state index contributed by atoms with van der Waals surface area (Å²) in [5, 5.41) is 10.8. The van der Waals surface area contributed by atoms with E-state index < -0.39 is 0 Å². The Hall–Kier alpha value is -3.35. The second kappa shape index (κ2) is 10.1. The Morgan fingerprint density at radius 2 is 1.86 bits per heavy atom. The lowest BCUT2D eigenvalue weighted by Crippen LogP contribution is -2.25. The molecule has 0 radical (unpaired) electrons. The first-order valence-electron chi connectivity index (χ1n) is 12.0. The van der Waals surface area contributed by atoms with Crippen LogP contribution < -0.4 is 9.47 Å². The molecule has 0 aliphatic carbocycles. The van der Waals surface area contributed by atoms with Gasteiger partial charge in [0.25, 0.3) is 0 Å². The van der Waals surface area contributed by atoms with Crippen LogP contribution in [0.2, 0.25) is 0 Å². The molecule has 1 fully saturated rings. The molecule has 0 unspecified atom stereocenters. The van der Waals surface area contributed by atoms with Crippen LogP contribution >= 0.6 is 11.3 Å². The van der Waals surface area contributed by atoms with Gasteiger partial charge in [0, 0.05) is 28.7 Å². The lowest BCUT2D eigenvalue weighted by molar-refractivity contribution is 0.104. The Labute approximate surface area is 209 Å². The molecule has 1 saturated heterocycles. The molecule has 1 N–H and O–H groups in total. The molecule has 3 aromatic carbocycles. The van der Waals surface area contributed by atoms with Crippen LogP contribution in [0.25, 0.3) is 10.1 Å². The fraction of sp³-hybridized carbons (Fsp3) is 0.276. The molecule has 180 valence electrons. The molecule has 5 rings (SSSR count). The Kier molecular flexibility index (Phi) is 6.75. The van der Waals surface area contributed by atoms with E-state index in [4.69, 9.17) is 9.47 Å². The zero-order valence-electron chi connectivity index (χ0n) is 20.0. The number of hydrogen-bond donors (Lipinski definition) is 1. The Morgan fingerprint density at radius 3 is 2.60 bits per heavy atom. The first-order valence-corrected chi connectivity index (χ1v) is 12.8. The number of ketones is 1. The van der Waals surface area contributed by atoms with Crippen molar-refractivity contribution in [3.05, 3.63) is 82.7 Å². The van der Waals surface area contributed by atoms with Gasteiger partial charge in [-0.05, 0) is 73.8 Å². The number of phenols is 1. The van der Waals surface area contributed by atoms with Crippen LogP contribution in [0.3, 0.4) is 0 Å². The van der Waals surface area contributed by atoms with Crippen molar-refractivity contribution in [1.29, 1.82) is 0 Å². The fourth-order valence-corrected chi connectivity index (χ4v) is 5.62. The highest BCUT2D eigenvalue weighted by molar-refractivity contribution is 7.21.